The molecule has 182 valence electrons. The van der Waals surface area contributed by atoms with Crippen LogP contribution in [0.3, 0.4) is 0 Å². The lowest BCUT2D eigenvalue weighted by Gasteiger charge is -2.24. The molecule has 36 heavy (non-hydrogen) atoms. The second kappa shape index (κ2) is 10.4. The van der Waals surface area contributed by atoms with E-state index in [0.29, 0.717) is 12.3 Å². The molecule has 7 heteroatoms. The van der Waals surface area contributed by atoms with Gasteiger partial charge in [0, 0.05) is 30.8 Å². The number of carbonyl (C=O) groups excluding carboxylic acids is 1. The van der Waals surface area contributed by atoms with Crippen molar-refractivity contribution < 1.29 is 9.90 Å². The monoisotopic (exact) mass is 496 g/mol. The number of aromatic hydroxyl groups is 1. The Morgan fingerprint density at radius 2 is 1.69 bits per heavy atom. The number of hydrogen-bond acceptors (Lipinski definition) is 6. The highest BCUT2D eigenvalue weighted by atomic mass is 32.2. The summed E-state index contributed by atoms with van der Waals surface area (Å²) in [7, 11) is 0. The topological polar surface area (TPSA) is 68.5 Å². The predicted octanol–water partition coefficient (Wildman–Crippen LogP) is 6.70. The third-order valence-electron chi connectivity index (χ3n) is 6.46. The van der Waals surface area contributed by atoms with Gasteiger partial charge < -0.3 is 10.0 Å². The van der Waals surface area contributed by atoms with Crippen LogP contribution in [0.2, 0.25) is 0 Å². The van der Waals surface area contributed by atoms with Crippen LogP contribution < -0.4 is 4.90 Å². The van der Waals surface area contributed by atoms with Crippen LogP contribution in [0.1, 0.15) is 43.0 Å². The van der Waals surface area contributed by atoms with Gasteiger partial charge in [-0.1, -0.05) is 60.7 Å². The van der Waals surface area contributed by atoms with Gasteiger partial charge in [0.15, 0.2) is 5.84 Å². The highest BCUT2D eigenvalue weighted by Crippen LogP contribution is 2.41. The lowest BCUT2D eigenvalue weighted by Crippen LogP contribution is -2.26. The summed E-state index contributed by atoms with van der Waals surface area (Å²) < 4.78 is 0. The summed E-state index contributed by atoms with van der Waals surface area (Å²) in [5.41, 5.74) is 4.81. The van der Waals surface area contributed by atoms with Crippen molar-refractivity contribution in [2.75, 3.05) is 18.0 Å². The Balaban J connectivity index is 1.52. The zero-order valence-corrected chi connectivity index (χ0v) is 21.2. The number of phenolic OH excluding ortho intramolecular Hbond substituents is 1. The Kier molecular flexibility index (Phi) is 6.91. The summed E-state index contributed by atoms with van der Waals surface area (Å²) in [5, 5.41) is 17.1. The Morgan fingerprint density at radius 1 is 1.00 bits per heavy atom. The molecule has 3 aromatic carbocycles. The van der Waals surface area contributed by atoms with E-state index in [1.807, 2.05) is 48.5 Å². The van der Waals surface area contributed by atoms with Gasteiger partial charge in [0.2, 0.25) is 0 Å². The minimum absolute atomic E-state index is 0.201. The number of para-hydroxylation sites is 1. The molecular formula is C29H28N4O2S. The minimum atomic E-state index is -0.278. The van der Waals surface area contributed by atoms with Crippen LogP contribution >= 0.6 is 11.8 Å². The summed E-state index contributed by atoms with van der Waals surface area (Å²) in [6, 6.07) is 25.3. The summed E-state index contributed by atoms with van der Waals surface area (Å²) in [6.45, 7) is 6.18. The molecule has 2 heterocycles. The fraction of sp³-hybridized carbons (Fsp3) is 0.207. The molecule has 3 aromatic rings. The molecule has 2 aliphatic heterocycles. The van der Waals surface area contributed by atoms with Gasteiger partial charge in [0.05, 0.1) is 16.7 Å². The number of anilines is 1. The van der Waals surface area contributed by atoms with Gasteiger partial charge in [0.25, 0.3) is 0 Å². The first-order valence-electron chi connectivity index (χ1n) is 12.1. The number of amidine groups is 1. The van der Waals surface area contributed by atoms with E-state index in [1.54, 1.807) is 17.1 Å². The largest absolute Gasteiger partial charge is 0.508 e. The third-order valence-corrected chi connectivity index (χ3v) is 7.25. The number of carbonyl (C=O) groups is 1. The Labute approximate surface area is 215 Å². The number of nitrogens with zero attached hydrogens (tertiary/aromatic N) is 4. The zero-order valence-electron chi connectivity index (χ0n) is 20.3. The van der Waals surface area contributed by atoms with E-state index in [1.165, 1.54) is 5.69 Å². The summed E-state index contributed by atoms with van der Waals surface area (Å²) in [6.07, 6.45) is 2.57. The van der Waals surface area contributed by atoms with Crippen LogP contribution in [-0.4, -0.2) is 40.0 Å². The molecule has 0 saturated carbocycles. The van der Waals surface area contributed by atoms with Crippen LogP contribution in [0.25, 0.3) is 6.08 Å². The predicted molar refractivity (Wildman–Crippen MR) is 149 cm³/mol. The van der Waals surface area contributed by atoms with Gasteiger partial charge in [-0.05, 0) is 61.0 Å². The molecule has 1 amide bonds. The van der Waals surface area contributed by atoms with Gasteiger partial charge in [-0.15, -0.1) is 0 Å². The molecule has 6 nitrogen and oxygen atoms in total. The van der Waals surface area contributed by atoms with Gasteiger partial charge in [-0.3, -0.25) is 4.79 Å². The molecule has 0 bridgehead atoms. The van der Waals surface area contributed by atoms with E-state index >= 15 is 0 Å². The lowest BCUT2D eigenvalue weighted by molar-refractivity contribution is 0.267. The highest BCUT2D eigenvalue weighted by molar-refractivity contribution is 8.18. The van der Waals surface area contributed by atoms with E-state index in [0.717, 1.165) is 52.2 Å². The molecule has 1 N–H and O–H groups in total. The van der Waals surface area contributed by atoms with Gasteiger partial charge >= 0.3 is 5.24 Å². The third kappa shape index (κ3) is 4.79. The second-order valence-corrected chi connectivity index (χ2v) is 9.61. The van der Waals surface area contributed by atoms with E-state index in [2.05, 4.69) is 48.0 Å². The first-order valence-corrected chi connectivity index (χ1v) is 13.0. The fourth-order valence-corrected chi connectivity index (χ4v) is 5.35. The Hall–Kier alpha value is -3.84. The van der Waals surface area contributed by atoms with Crippen molar-refractivity contribution >= 4 is 40.3 Å². The number of phenols is 1. The molecular weight excluding hydrogens is 468 g/mol. The standard InChI is InChI=1S/C29H28N4O2S/c1-3-32(4-2)22-16-14-20(15-17-22)18-27-28(30-29(35)36-27)33-25(23-12-8-9-13-26(23)34)19-24(31-33)21-10-6-5-7-11-21/h5-18,25,34H,3-4,19H2,1-2H3/b27-18-. The van der Waals surface area contributed by atoms with E-state index in [4.69, 9.17) is 5.10 Å². The zero-order chi connectivity index (χ0) is 25.1. The van der Waals surface area contributed by atoms with E-state index < -0.39 is 0 Å². The molecule has 0 saturated heterocycles. The first-order chi connectivity index (χ1) is 17.6. The Morgan fingerprint density at radius 3 is 2.39 bits per heavy atom. The molecule has 0 aromatic heterocycles. The lowest BCUT2D eigenvalue weighted by atomic mass is 9.97. The van der Waals surface area contributed by atoms with Crippen molar-refractivity contribution in [3.8, 4) is 5.75 Å². The maximum atomic E-state index is 12.5. The minimum Gasteiger partial charge on any atom is -0.508 e. The van der Waals surface area contributed by atoms with E-state index in [9.17, 15) is 9.90 Å². The van der Waals surface area contributed by atoms with Crippen LogP contribution in [-0.2, 0) is 0 Å². The molecule has 1 unspecified atom stereocenters. The summed E-state index contributed by atoms with van der Waals surface area (Å²) in [5.74, 6) is 0.712. The maximum absolute atomic E-state index is 12.5. The van der Waals surface area contributed by atoms with Crippen molar-refractivity contribution in [1.82, 2.24) is 5.01 Å². The number of rotatable bonds is 6. The van der Waals surface area contributed by atoms with Crippen molar-refractivity contribution in [3.05, 3.63) is 100 Å². The molecule has 0 spiro atoms. The second-order valence-electron chi connectivity index (χ2n) is 8.61. The number of hydrazone groups is 1. The number of benzene rings is 3. The summed E-state index contributed by atoms with van der Waals surface area (Å²) >= 11 is 1.11. The molecule has 0 fully saturated rings. The van der Waals surface area contributed by atoms with Gasteiger partial charge in [-0.2, -0.15) is 10.1 Å². The highest BCUT2D eigenvalue weighted by Gasteiger charge is 2.37. The normalized spacial score (nSPS) is 18.5. The SMILES string of the molecule is CCN(CC)c1ccc(/C=C2\SC(=O)N=C2N2N=C(c3ccccc3)CC2c2ccccc2O)cc1. The molecule has 2 aliphatic rings. The van der Waals surface area contributed by atoms with Crippen molar-refractivity contribution in [2.24, 2.45) is 10.1 Å². The van der Waals surface area contributed by atoms with Crippen molar-refractivity contribution in [1.29, 1.82) is 0 Å². The first kappa shape index (κ1) is 23.9. The van der Waals surface area contributed by atoms with E-state index in [-0.39, 0.29) is 17.0 Å². The van der Waals surface area contributed by atoms with Crippen LogP contribution in [0.4, 0.5) is 10.5 Å². The number of aliphatic imine (C=N–C) groups is 1. The van der Waals surface area contributed by atoms with Crippen LogP contribution in [0.5, 0.6) is 5.75 Å². The summed E-state index contributed by atoms with van der Waals surface area (Å²) in [4.78, 5) is 19.9. The van der Waals surface area contributed by atoms with Crippen molar-refractivity contribution in [3.63, 3.8) is 0 Å². The number of hydrogen-bond donors (Lipinski definition) is 1. The number of thioether (sulfide) groups is 1. The average Bonchev–Trinajstić information content (AvgIpc) is 3.50. The van der Waals surface area contributed by atoms with Crippen LogP contribution in [0, 0.1) is 0 Å². The van der Waals surface area contributed by atoms with Crippen LogP contribution in [0.15, 0.2) is 93.9 Å². The molecule has 0 aliphatic carbocycles. The average molecular weight is 497 g/mol. The smallest absolute Gasteiger partial charge is 0.311 e. The molecule has 1 atom stereocenters. The van der Waals surface area contributed by atoms with Crippen molar-refractivity contribution in [2.45, 2.75) is 26.3 Å². The fourth-order valence-electron chi connectivity index (χ4n) is 4.61. The molecule has 5 rings (SSSR count). The quantitative estimate of drug-likeness (QED) is 0.411. The van der Waals surface area contributed by atoms with Gasteiger partial charge in [0.1, 0.15) is 5.75 Å². The maximum Gasteiger partial charge on any atom is 0.311 e. The Bertz CT molecular complexity index is 1350. The molecule has 0 radical (unpaired) electrons. The number of amides is 1. The van der Waals surface area contributed by atoms with Gasteiger partial charge in [-0.25, -0.2) is 5.01 Å².